The van der Waals surface area contributed by atoms with E-state index in [2.05, 4.69) is 0 Å². The molecule has 0 heterocycles. The first-order valence-corrected chi connectivity index (χ1v) is 12.6. The van der Waals surface area contributed by atoms with E-state index in [1.54, 1.807) is 18.2 Å². The molecule has 3 aromatic carbocycles. The van der Waals surface area contributed by atoms with Gasteiger partial charge >= 0.3 is 27.5 Å². The van der Waals surface area contributed by atoms with Crippen LogP contribution in [0.5, 0.6) is 0 Å². The van der Waals surface area contributed by atoms with Crippen LogP contribution < -0.4 is 0 Å². The van der Waals surface area contributed by atoms with Gasteiger partial charge in [0, 0.05) is 15.5 Å². The van der Waals surface area contributed by atoms with Gasteiger partial charge in [0.15, 0.2) is 0 Å². The van der Waals surface area contributed by atoms with Gasteiger partial charge in [-0.05, 0) is 29.8 Å². The first-order chi connectivity index (χ1) is 15.7. The average Bonchev–Trinajstić information content (AvgIpc) is 2.79. The molecule has 0 saturated carbocycles. The Balaban J connectivity index is 2.27. The standard InChI is InChI=1S/C22H17F7O3S2/c23-20(24,21(25,26)27)22(28,29)34(30,31)32-33(18-12-6-2-7-13-18,19-14-8-3-9-15-19)16-17-10-4-1-5-11-17/h1-15H,16H2. The Bertz CT molecular complexity index is 1160. The van der Waals surface area contributed by atoms with Crippen molar-refractivity contribution < 1.29 is 42.8 Å². The zero-order valence-corrected chi connectivity index (χ0v) is 18.7. The Morgan fingerprint density at radius 1 is 0.618 bits per heavy atom. The average molecular weight is 526 g/mol. The van der Waals surface area contributed by atoms with Gasteiger partial charge in [-0.2, -0.15) is 39.2 Å². The molecular weight excluding hydrogens is 509 g/mol. The summed E-state index contributed by atoms with van der Waals surface area (Å²) < 4.78 is 124. The van der Waals surface area contributed by atoms with Crippen LogP contribution in [-0.2, 0) is 19.5 Å². The summed E-state index contributed by atoms with van der Waals surface area (Å²) in [5.74, 6) is -7.29. The molecule has 0 saturated heterocycles. The lowest BCUT2D eigenvalue weighted by atomic mass is 10.2. The van der Waals surface area contributed by atoms with Crippen molar-refractivity contribution >= 4 is 20.4 Å². The lowest BCUT2D eigenvalue weighted by molar-refractivity contribution is -0.333. The van der Waals surface area contributed by atoms with Crippen molar-refractivity contribution in [2.75, 3.05) is 0 Å². The molecule has 0 radical (unpaired) electrons. The normalized spacial score (nSPS) is 14.1. The molecule has 0 fully saturated rings. The minimum atomic E-state index is -6.90. The Labute approximate surface area is 192 Å². The van der Waals surface area contributed by atoms with E-state index in [0.717, 1.165) is 0 Å². The summed E-state index contributed by atoms with van der Waals surface area (Å²) in [7, 11) is -10.5. The SMILES string of the molecule is O=S(=O)(OS(Cc1ccccc1)(c1ccccc1)c1ccccc1)C(F)(F)C(F)(F)C(F)(F)F. The fourth-order valence-electron chi connectivity index (χ4n) is 3.01. The number of alkyl halides is 7. The van der Waals surface area contributed by atoms with E-state index in [9.17, 15) is 39.2 Å². The van der Waals surface area contributed by atoms with Crippen LogP contribution >= 0.6 is 10.3 Å². The summed E-state index contributed by atoms with van der Waals surface area (Å²) in [6.07, 6.45) is -6.84. The zero-order chi connectivity index (χ0) is 25.3. The smallest absolute Gasteiger partial charge is 0.206 e. The summed E-state index contributed by atoms with van der Waals surface area (Å²) in [4.78, 5) is 0.0551. The predicted octanol–water partition coefficient (Wildman–Crippen LogP) is 7.16. The topological polar surface area (TPSA) is 43.4 Å². The highest BCUT2D eigenvalue weighted by Crippen LogP contribution is 2.68. The molecule has 34 heavy (non-hydrogen) atoms. The highest BCUT2D eigenvalue weighted by atomic mass is 32.3. The van der Waals surface area contributed by atoms with Gasteiger partial charge in [-0.3, -0.25) is 0 Å². The van der Waals surface area contributed by atoms with Crippen LogP contribution in [-0.4, -0.2) is 25.8 Å². The minimum Gasteiger partial charge on any atom is -0.206 e. The summed E-state index contributed by atoms with van der Waals surface area (Å²) in [5.41, 5.74) is 0.381. The first kappa shape index (κ1) is 26.0. The highest BCUT2D eigenvalue weighted by molar-refractivity contribution is 8.32. The van der Waals surface area contributed by atoms with Crippen LogP contribution in [0, 0.1) is 0 Å². The van der Waals surface area contributed by atoms with Gasteiger partial charge in [0.1, 0.15) is 0 Å². The van der Waals surface area contributed by atoms with Crippen LogP contribution in [0.1, 0.15) is 5.56 Å². The fourth-order valence-corrected chi connectivity index (χ4v) is 8.29. The van der Waals surface area contributed by atoms with Crippen LogP contribution in [0.2, 0.25) is 0 Å². The van der Waals surface area contributed by atoms with Crippen molar-refractivity contribution in [3.8, 4) is 0 Å². The molecule has 0 unspecified atom stereocenters. The molecule has 0 aliphatic carbocycles. The summed E-state index contributed by atoms with van der Waals surface area (Å²) in [5, 5.41) is -6.60. The van der Waals surface area contributed by atoms with Gasteiger partial charge in [-0.1, -0.05) is 77.0 Å². The molecule has 3 rings (SSSR count). The van der Waals surface area contributed by atoms with Crippen molar-refractivity contribution in [3.05, 3.63) is 96.6 Å². The van der Waals surface area contributed by atoms with Gasteiger partial charge in [0.2, 0.25) is 0 Å². The first-order valence-electron chi connectivity index (χ1n) is 9.48. The van der Waals surface area contributed by atoms with E-state index in [0.29, 0.717) is 5.56 Å². The molecule has 0 spiro atoms. The van der Waals surface area contributed by atoms with Crippen LogP contribution in [0.25, 0.3) is 0 Å². The van der Waals surface area contributed by atoms with E-state index in [1.165, 1.54) is 72.8 Å². The van der Waals surface area contributed by atoms with Gasteiger partial charge in [0.05, 0.1) is 0 Å². The molecular formula is C22H17F7O3S2. The van der Waals surface area contributed by atoms with Gasteiger partial charge in [0.25, 0.3) is 0 Å². The van der Waals surface area contributed by atoms with Crippen molar-refractivity contribution in [2.24, 2.45) is 0 Å². The third kappa shape index (κ3) is 4.66. The molecule has 0 aliphatic rings. The fraction of sp³-hybridized carbons (Fsp3) is 0.182. The monoisotopic (exact) mass is 526 g/mol. The second kappa shape index (κ2) is 9.23. The lowest BCUT2D eigenvalue weighted by Crippen LogP contribution is -2.56. The Kier molecular flexibility index (Phi) is 7.07. The molecule has 0 atom stereocenters. The van der Waals surface area contributed by atoms with E-state index in [4.69, 9.17) is 3.63 Å². The second-order valence-electron chi connectivity index (χ2n) is 7.04. The van der Waals surface area contributed by atoms with Crippen molar-refractivity contribution in [1.82, 2.24) is 0 Å². The van der Waals surface area contributed by atoms with Crippen molar-refractivity contribution in [2.45, 2.75) is 32.9 Å². The Hall–Kier alpha value is -2.57. The summed E-state index contributed by atoms with van der Waals surface area (Å²) in [6, 6.07) is 21.9. The molecule has 3 nitrogen and oxygen atoms in total. The molecule has 3 aromatic rings. The number of rotatable bonds is 8. The summed E-state index contributed by atoms with van der Waals surface area (Å²) in [6.45, 7) is 0. The number of hydrogen-bond acceptors (Lipinski definition) is 3. The highest BCUT2D eigenvalue weighted by Gasteiger charge is 2.80. The van der Waals surface area contributed by atoms with Crippen molar-refractivity contribution in [1.29, 1.82) is 0 Å². The second-order valence-corrected chi connectivity index (χ2v) is 11.6. The van der Waals surface area contributed by atoms with Gasteiger partial charge in [-0.25, -0.2) is 3.63 Å². The Morgan fingerprint density at radius 2 is 1.00 bits per heavy atom. The molecule has 0 bridgehead atoms. The molecule has 0 N–H and O–H groups in total. The van der Waals surface area contributed by atoms with Crippen molar-refractivity contribution in [3.63, 3.8) is 0 Å². The van der Waals surface area contributed by atoms with E-state index < -0.39 is 43.5 Å². The maximum atomic E-state index is 14.4. The maximum absolute atomic E-state index is 14.4. The molecule has 0 aliphatic heterocycles. The van der Waals surface area contributed by atoms with Crippen LogP contribution in [0.4, 0.5) is 30.7 Å². The predicted molar refractivity (Wildman–Crippen MR) is 113 cm³/mol. The van der Waals surface area contributed by atoms with E-state index >= 15 is 0 Å². The number of halogens is 7. The van der Waals surface area contributed by atoms with Gasteiger partial charge < -0.3 is 0 Å². The van der Waals surface area contributed by atoms with E-state index in [1.807, 2.05) is 0 Å². The molecule has 0 amide bonds. The third-order valence-electron chi connectivity index (χ3n) is 4.70. The zero-order valence-electron chi connectivity index (χ0n) is 17.1. The van der Waals surface area contributed by atoms with Gasteiger partial charge in [-0.15, -0.1) is 0 Å². The lowest BCUT2D eigenvalue weighted by Gasteiger charge is -2.40. The molecule has 12 heteroatoms. The largest absolute Gasteiger partial charge is 0.461 e. The molecule has 184 valence electrons. The van der Waals surface area contributed by atoms with Crippen LogP contribution in [0.3, 0.4) is 0 Å². The maximum Gasteiger partial charge on any atom is 0.461 e. The Morgan fingerprint density at radius 3 is 1.38 bits per heavy atom. The van der Waals surface area contributed by atoms with E-state index in [-0.39, 0.29) is 9.79 Å². The van der Waals surface area contributed by atoms with Crippen LogP contribution in [0.15, 0.2) is 101 Å². The number of benzene rings is 3. The number of hydrogen-bond donors (Lipinski definition) is 0. The third-order valence-corrected chi connectivity index (χ3v) is 10.0. The minimum absolute atomic E-state index is 0.0275. The quantitative estimate of drug-likeness (QED) is 0.293. The summed E-state index contributed by atoms with van der Waals surface area (Å²) >= 11 is 0. The molecule has 0 aromatic heterocycles.